The van der Waals surface area contributed by atoms with E-state index in [-0.39, 0.29) is 16.7 Å². The first-order chi connectivity index (χ1) is 11.5. The van der Waals surface area contributed by atoms with Gasteiger partial charge in [0.1, 0.15) is 4.88 Å². The highest BCUT2D eigenvalue weighted by Gasteiger charge is 2.09. The van der Waals surface area contributed by atoms with Crippen LogP contribution in [-0.4, -0.2) is 29.4 Å². The molecule has 0 atom stereocenters. The molecule has 0 radical (unpaired) electrons. The predicted molar refractivity (Wildman–Crippen MR) is 94.6 cm³/mol. The van der Waals surface area contributed by atoms with Crippen LogP contribution in [-0.2, 0) is 9.59 Å². The average Bonchev–Trinajstić information content (AvgIpc) is 2.94. The molecule has 0 unspecified atom stereocenters. The van der Waals surface area contributed by atoms with Crippen molar-refractivity contribution in [3.8, 4) is 0 Å². The van der Waals surface area contributed by atoms with Gasteiger partial charge in [0.15, 0.2) is 0 Å². The second-order valence-corrected chi connectivity index (χ2v) is 6.59. The Kier molecular flexibility index (Phi) is 6.31. The van der Waals surface area contributed by atoms with Crippen molar-refractivity contribution in [3.63, 3.8) is 0 Å². The lowest BCUT2D eigenvalue weighted by molar-refractivity contribution is -0.119. The van der Waals surface area contributed by atoms with Gasteiger partial charge in [0.25, 0.3) is 0 Å². The van der Waals surface area contributed by atoms with Crippen molar-refractivity contribution in [3.05, 3.63) is 29.1 Å². The van der Waals surface area contributed by atoms with Crippen molar-refractivity contribution in [1.29, 1.82) is 0 Å². The smallest absolute Gasteiger partial charge is 0.345 e. The number of benzene rings is 1. The predicted octanol–water partition coefficient (Wildman–Crippen LogP) is 3.23. The summed E-state index contributed by atoms with van der Waals surface area (Å²) in [5.41, 5.74) is 0.667. The molecule has 0 aliphatic heterocycles. The Balaban J connectivity index is 1.80. The zero-order valence-electron chi connectivity index (χ0n) is 13.4. The highest BCUT2D eigenvalue weighted by molar-refractivity contribution is 7.20. The lowest BCUT2D eigenvalue weighted by Gasteiger charge is -2.06. The van der Waals surface area contributed by atoms with Crippen molar-refractivity contribution in [2.45, 2.75) is 32.6 Å². The summed E-state index contributed by atoms with van der Waals surface area (Å²) in [5.74, 6) is -1.05. The molecule has 7 heteroatoms. The first kappa shape index (κ1) is 17.9. The number of carboxylic acids is 1. The minimum atomic E-state index is -0.943. The zero-order valence-corrected chi connectivity index (χ0v) is 14.2. The summed E-state index contributed by atoms with van der Waals surface area (Å²) in [6, 6.07) is 6.99. The van der Waals surface area contributed by atoms with Crippen molar-refractivity contribution in [2.24, 2.45) is 0 Å². The van der Waals surface area contributed by atoms with E-state index in [9.17, 15) is 14.4 Å². The van der Waals surface area contributed by atoms with Gasteiger partial charge in [-0.1, -0.05) is 6.42 Å². The summed E-state index contributed by atoms with van der Waals surface area (Å²) in [6.45, 7) is 2.12. The molecule has 3 N–H and O–H groups in total. The molecule has 0 bridgehead atoms. The fourth-order valence-electron chi connectivity index (χ4n) is 2.30. The fourth-order valence-corrected chi connectivity index (χ4v) is 3.18. The Hall–Kier alpha value is -2.41. The van der Waals surface area contributed by atoms with Crippen molar-refractivity contribution in [1.82, 2.24) is 5.32 Å². The third-order valence-corrected chi connectivity index (χ3v) is 4.57. The topological polar surface area (TPSA) is 95.5 Å². The number of carboxylic acid groups (broad SMARTS) is 1. The van der Waals surface area contributed by atoms with Crippen LogP contribution in [0.1, 0.15) is 42.3 Å². The lowest BCUT2D eigenvalue weighted by atomic mass is 10.1. The van der Waals surface area contributed by atoms with Gasteiger partial charge in [-0.2, -0.15) is 0 Å². The Morgan fingerprint density at radius 3 is 2.62 bits per heavy atom. The number of rotatable bonds is 8. The molecule has 2 rings (SSSR count). The van der Waals surface area contributed by atoms with E-state index in [4.69, 9.17) is 5.11 Å². The van der Waals surface area contributed by atoms with Gasteiger partial charge in [-0.3, -0.25) is 9.59 Å². The highest BCUT2D eigenvalue weighted by Crippen LogP contribution is 2.28. The van der Waals surface area contributed by atoms with Gasteiger partial charge in [0.2, 0.25) is 11.8 Å². The van der Waals surface area contributed by atoms with E-state index in [1.165, 1.54) is 18.3 Å². The number of fused-ring (bicyclic) bond motifs is 1. The van der Waals surface area contributed by atoms with Gasteiger partial charge in [-0.25, -0.2) is 4.79 Å². The molecule has 2 amide bonds. The minimum Gasteiger partial charge on any atom is -0.477 e. The minimum absolute atomic E-state index is 0.0392. The number of carbonyl (C=O) groups is 3. The molecule has 0 fully saturated rings. The van der Waals surface area contributed by atoms with Crippen molar-refractivity contribution in [2.75, 3.05) is 11.9 Å². The Bertz CT molecular complexity index is 754. The van der Waals surface area contributed by atoms with Crippen LogP contribution in [0.15, 0.2) is 24.3 Å². The summed E-state index contributed by atoms with van der Waals surface area (Å²) >= 11 is 1.21. The molecule has 0 aliphatic carbocycles. The van der Waals surface area contributed by atoms with Crippen LogP contribution in [0.5, 0.6) is 0 Å². The standard InChI is InChI=1S/C17H20N2O4S/c1-11(20)18-8-4-2-3-5-16(21)19-13-6-7-14-12(9-13)10-15(24-14)17(22)23/h6-7,9-10H,2-5,8H2,1H3,(H,18,20)(H,19,21)(H,22,23). The van der Waals surface area contributed by atoms with Gasteiger partial charge >= 0.3 is 5.97 Å². The number of thiophene rings is 1. The molecule has 0 saturated carbocycles. The molecular formula is C17H20N2O4S. The molecule has 0 aliphatic rings. The molecule has 1 heterocycles. The summed E-state index contributed by atoms with van der Waals surface area (Å²) < 4.78 is 0.878. The van der Waals surface area contributed by atoms with E-state index in [1.54, 1.807) is 18.2 Å². The van der Waals surface area contributed by atoms with Crippen LogP contribution in [0.3, 0.4) is 0 Å². The molecule has 2 aromatic rings. The van der Waals surface area contributed by atoms with E-state index in [1.807, 2.05) is 6.07 Å². The second kappa shape index (κ2) is 8.44. The largest absolute Gasteiger partial charge is 0.477 e. The van der Waals surface area contributed by atoms with Crippen LogP contribution in [0.4, 0.5) is 5.69 Å². The van der Waals surface area contributed by atoms with Gasteiger partial charge in [0, 0.05) is 30.3 Å². The molecule has 1 aromatic heterocycles. The third kappa shape index (κ3) is 5.34. The van der Waals surface area contributed by atoms with Gasteiger partial charge < -0.3 is 15.7 Å². The number of hydrogen-bond acceptors (Lipinski definition) is 4. The van der Waals surface area contributed by atoms with E-state index in [2.05, 4.69) is 10.6 Å². The van der Waals surface area contributed by atoms with Crippen molar-refractivity contribution >= 4 is 44.9 Å². The molecule has 6 nitrogen and oxygen atoms in total. The zero-order chi connectivity index (χ0) is 17.5. The second-order valence-electron chi connectivity index (χ2n) is 5.51. The number of hydrogen-bond donors (Lipinski definition) is 3. The Labute approximate surface area is 143 Å². The van der Waals surface area contributed by atoms with E-state index in [0.29, 0.717) is 18.7 Å². The Morgan fingerprint density at radius 2 is 1.92 bits per heavy atom. The monoisotopic (exact) mass is 348 g/mol. The number of aromatic carboxylic acids is 1. The average molecular weight is 348 g/mol. The third-order valence-electron chi connectivity index (χ3n) is 3.47. The maximum Gasteiger partial charge on any atom is 0.345 e. The maximum atomic E-state index is 11.9. The number of anilines is 1. The number of unbranched alkanes of at least 4 members (excludes halogenated alkanes) is 2. The van der Waals surface area contributed by atoms with Gasteiger partial charge in [-0.05, 0) is 42.5 Å². The van der Waals surface area contributed by atoms with E-state index >= 15 is 0 Å². The van der Waals surface area contributed by atoms with Crippen molar-refractivity contribution < 1.29 is 19.5 Å². The molecule has 1 aromatic carbocycles. The SMILES string of the molecule is CC(=O)NCCCCCC(=O)Nc1ccc2sc(C(=O)O)cc2c1. The van der Waals surface area contributed by atoms with E-state index < -0.39 is 5.97 Å². The molecule has 0 saturated heterocycles. The molecular weight excluding hydrogens is 328 g/mol. The van der Waals surface area contributed by atoms with Crippen LogP contribution >= 0.6 is 11.3 Å². The maximum absolute atomic E-state index is 11.9. The lowest BCUT2D eigenvalue weighted by Crippen LogP contribution is -2.20. The summed E-state index contributed by atoms with van der Waals surface area (Å²) in [6.07, 6.45) is 2.91. The first-order valence-electron chi connectivity index (χ1n) is 7.77. The van der Waals surface area contributed by atoms with Crippen LogP contribution in [0, 0.1) is 0 Å². The van der Waals surface area contributed by atoms with Crippen LogP contribution in [0.25, 0.3) is 10.1 Å². The quantitative estimate of drug-likeness (QED) is 0.638. The van der Waals surface area contributed by atoms with Gasteiger partial charge in [0.05, 0.1) is 0 Å². The molecule has 128 valence electrons. The van der Waals surface area contributed by atoms with E-state index in [0.717, 1.165) is 29.3 Å². The van der Waals surface area contributed by atoms with Crippen LogP contribution in [0.2, 0.25) is 0 Å². The summed E-state index contributed by atoms with van der Waals surface area (Å²) in [7, 11) is 0. The summed E-state index contributed by atoms with van der Waals surface area (Å²) in [5, 5.41) is 15.4. The van der Waals surface area contributed by atoms with Crippen LogP contribution < -0.4 is 10.6 Å². The number of amides is 2. The fraction of sp³-hybridized carbons (Fsp3) is 0.353. The first-order valence-corrected chi connectivity index (χ1v) is 8.58. The Morgan fingerprint density at radius 1 is 1.12 bits per heavy atom. The molecule has 24 heavy (non-hydrogen) atoms. The highest BCUT2D eigenvalue weighted by atomic mass is 32.1. The summed E-state index contributed by atoms with van der Waals surface area (Å²) in [4.78, 5) is 33.9. The normalized spacial score (nSPS) is 10.5. The van der Waals surface area contributed by atoms with Gasteiger partial charge in [-0.15, -0.1) is 11.3 Å². The number of nitrogens with one attached hydrogen (secondary N) is 2. The molecule has 0 spiro atoms. The number of carbonyl (C=O) groups excluding carboxylic acids is 2.